The van der Waals surface area contributed by atoms with Crippen molar-refractivity contribution in [3.8, 4) is 11.3 Å². The van der Waals surface area contributed by atoms with Crippen LogP contribution in [0.25, 0.3) is 11.3 Å². The largest absolute Gasteiger partial charge is 0.350 e. The Morgan fingerprint density at radius 3 is 2.67 bits per heavy atom. The zero-order valence-corrected chi connectivity index (χ0v) is 13.4. The number of nitrogens with zero attached hydrogens (tertiary/aromatic N) is 3. The molecule has 3 rings (SSSR count). The molecular formula is C18H17FN4O. The van der Waals surface area contributed by atoms with Gasteiger partial charge < -0.3 is 5.32 Å². The first-order chi connectivity index (χ1) is 11.5. The van der Waals surface area contributed by atoms with Crippen molar-refractivity contribution in [2.75, 3.05) is 5.32 Å². The van der Waals surface area contributed by atoms with Gasteiger partial charge in [-0.15, -0.1) is 0 Å². The van der Waals surface area contributed by atoms with Crippen molar-refractivity contribution in [1.82, 2.24) is 14.8 Å². The van der Waals surface area contributed by atoms with Gasteiger partial charge in [0.25, 0.3) is 5.56 Å². The molecule has 0 spiro atoms. The SMILES string of the molecule is CC(C)n1nc(-c2cccc(F)c2)cc(Nc2cccnc2)c1=O. The Morgan fingerprint density at radius 1 is 1.17 bits per heavy atom. The van der Waals surface area contributed by atoms with Crippen molar-refractivity contribution in [1.29, 1.82) is 0 Å². The van der Waals surface area contributed by atoms with Gasteiger partial charge in [0.15, 0.2) is 0 Å². The molecule has 0 radical (unpaired) electrons. The summed E-state index contributed by atoms with van der Waals surface area (Å²) in [6.45, 7) is 3.75. The van der Waals surface area contributed by atoms with Gasteiger partial charge in [-0.05, 0) is 44.2 Å². The Morgan fingerprint density at radius 2 is 2.00 bits per heavy atom. The highest BCUT2D eigenvalue weighted by Gasteiger charge is 2.13. The standard InChI is InChI=1S/C18H17FN4O/c1-12(2)23-18(24)17(21-15-7-4-8-20-11-15)10-16(22-23)13-5-3-6-14(19)9-13/h3-12,21H,1-2H3. The highest BCUT2D eigenvalue weighted by Crippen LogP contribution is 2.21. The molecule has 5 nitrogen and oxygen atoms in total. The first kappa shape index (κ1) is 15.9. The molecule has 0 atom stereocenters. The van der Waals surface area contributed by atoms with E-state index in [1.54, 1.807) is 36.7 Å². The molecule has 0 saturated carbocycles. The lowest BCUT2D eigenvalue weighted by Crippen LogP contribution is -2.27. The lowest BCUT2D eigenvalue weighted by atomic mass is 10.1. The van der Waals surface area contributed by atoms with Gasteiger partial charge in [0.1, 0.15) is 11.5 Å². The van der Waals surface area contributed by atoms with E-state index in [0.717, 1.165) is 0 Å². The fourth-order valence-electron chi connectivity index (χ4n) is 2.33. The van der Waals surface area contributed by atoms with Crippen LogP contribution in [-0.2, 0) is 0 Å². The molecule has 6 heteroatoms. The van der Waals surface area contributed by atoms with Crippen LogP contribution in [0.2, 0.25) is 0 Å². The van der Waals surface area contributed by atoms with Crippen molar-refractivity contribution < 1.29 is 4.39 Å². The van der Waals surface area contributed by atoms with Crippen LogP contribution < -0.4 is 10.9 Å². The minimum atomic E-state index is -0.349. The summed E-state index contributed by atoms with van der Waals surface area (Å²) in [7, 11) is 0. The maximum absolute atomic E-state index is 13.5. The van der Waals surface area contributed by atoms with Crippen molar-refractivity contribution >= 4 is 11.4 Å². The third-order valence-corrected chi connectivity index (χ3v) is 3.49. The molecule has 3 aromatic rings. The molecule has 1 aromatic carbocycles. The molecule has 2 heterocycles. The molecule has 2 aromatic heterocycles. The summed E-state index contributed by atoms with van der Waals surface area (Å²) in [5, 5.41) is 7.43. The van der Waals surface area contributed by atoms with Crippen LogP contribution in [0, 0.1) is 5.82 Å². The average Bonchev–Trinajstić information content (AvgIpc) is 2.57. The lowest BCUT2D eigenvalue weighted by molar-refractivity contribution is 0.506. The van der Waals surface area contributed by atoms with Gasteiger partial charge in [-0.1, -0.05) is 12.1 Å². The summed E-state index contributed by atoms with van der Waals surface area (Å²) in [4.78, 5) is 16.6. The van der Waals surface area contributed by atoms with E-state index in [1.807, 2.05) is 19.9 Å². The summed E-state index contributed by atoms with van der Waals surface area (Å²) < 4.78 is 14.9. The maximum atomic E-state index is 13.5. The van der Waals surface area contributed by atoms with E-state index < -0.39 is 0 Å². The third kappa shape index (κ3) is 3.32. The van der Waals surface area contributed by atoms with Gasteiger partial charge in [-0.2, -0.15) is 5.10 Å². The Bertz CT molecular complexity index is 906. The quantitative estimate of drug-likeness (QED) is 0.793. The fourth-order valence-corrected chi connectivity index (χ4v) is 2.33. The number of hydrogen-bond acceptors (Lipinski definition) is 4. The molecule has 0 aliphatic heterocycles. The molecule has 0 aliphatic carbocycles. The summed E-state index contributed by atoms with van der Waals surface area (Å²) in [6.07, 6.45) is 3.28. The highest BCUT2D eigenvalue weighted by atomic mass is 19.1. The van der Waals surface area contributed by atoms with Crippen molar-refractivity contribution in [2.45, 2.75) is 19.9 Å². The zero-order valence-electron chi connectivity index (χ0n) is 13.4. The van der Waals surface area contributed by atoms with E-state index in [1.165, 1.54) is 16.8 Å². The number of anilines is 2. The molecule has 0 unspecified atom stereocenters. The van der Waals surface area contributed by atoms with Gasteiger partial charge >= 0.3 is 0 Å². The van der Waals surface area contributed by atoms with E-state index in [9.17, 15) is 9.18 Å². The molecule has 122 valence electrons. The first-order valence-corrected chi connectivity index (χ1v) is 7.61. The first-order valence-electron chi connectivity index (χ1n) is 7.61. The van der Waals surface area contributed by atoms with Crippen molar-refractivity contribution in [2.24, 2.45) is 0 Å². The number of halogens is 1. The number of pyridine rings is 1. The smallest absolute Gasteiger partial charge is 0.290 e. The van der Waals surface area contributed by atoms with Gasteiger partial charge in [-0.3, -0.25) is 9.78 Å². The van der Waals surface area contributed by atoms with Crippen LogP contribution in [0.3, 0.4) is 0 Å². The van der Waals surface area contributed by atoms with Crippen LogP contribution in [-0.4, -0.2) is 14.8 Å². The van der Waals surface area contributed by atoms with E-state index >= 15 is 0 Å². The number of benzene rings is 1. The van der Waals surface area contributed by atoms with E-state index in [0.29, 0.717) is 22.6 Å². The molecular weight excluding hydrogens is 307 g/mol. The molecule has 0 saturated heterocycles. The zero-order chi connectivity index (χ0) is 17.1. The number of aromatic nitrogens is 3. The Labute approximate surface area is 138 Å². The highest BCUT2D eigenvalue weighted by molar-refractivity contribution is 5.66. The predicted octanol–water partition coefficient (Wildman–Crippen LogP) is 3.77. The van der Waals surface area contributed by atoms with Crippen LogP contribution in [0.15, 0.2) is 59.7 Å². The summed E-state index contributed by atoms with van der Waals surface area (Å²) in [5.74, 6) is -0.349. The topological polar surface area (TPSA) is 59.8 Å². The molecule has 0 bridgehead atoms. The molecule has 1 N–H and O–H groups in total. The Hall–Kier alpha value is -3.02. The molecule has 24 heavy (non-hydrogen) atoms. The van der Waals surface area contributed by atoms with Crippen LogP contribution in [0.1, 0.15) is 19.9 Å². The number of rotatable bonds is 4. The van der Waals surface area contributed by atoms with Gasteiger partial charge in [0.05, 0.1) is 23.6 Å². The third-order valence-electron chi connectivity index (χ3n) is 3.49. The van der Waals surface area contributed by atoms with Crippen molar-refractivity contribution in [3.63, 3.8) is 0 Å². The van der Waals surface area contributed by atoms with Gasteiger partial charge in [0, 0.05) is 11.8 Å². The van der Waals surface area contributed by atoms with E-state index in [-0.39, 0.29) is 17.4 Å². The second-order valence-corrected chi connectivity index (χ2v) is 5.66. The van der Waals surface area contributed by atoms with Crippen LogP contribution in [0.4, 0.5) is 15.8 Å². The van der Waals surface area contributed by atoms with Gasteiger partial charge in [-0.25, -0.2) is 9.07 Å². The number of hydrogen-bond donors (Lipinski definition) is 1. The average molecular weight is 324 g/mol. The second-order valence-electron chi connectivity index (χ2n) is 5.66. The Kier molecular flexibility index (Phi) is 4.37. The fraction of sp³-hybridized carbons (Fsp3) is 0.167. The Balaban J connectivity index is 2.12. The summed E-state index contributed by atoms with van der Waals surface area (Å²) >= 11 is 0. The number of nitrogens with one attached hydrogen (secondary N) is 1. The minimum Gasteiger partial charge on any atom is -0.350 e. The lowest BCUT2D eigenvalue weighted by Gasteiger charge is -2.14. The normalized spacial score (nSPS) is 10.8. The monoisotopic (exact) mass is 324 g/mol. The summed E-state index contributed by atoms with van der Waals surface area (Å²) in [5.41, 5.74) is 1.95. The molecule has 0 amide bonds. The molecule has 0 fully saturated rings. The van der Waals surface area contributed by atoms with Gasteiger partial charge in [0.2, 0.25) is 0 Å². The predicted molar refractivity (Wildman–Crippen MR) is 91.8 cm³/mol. The maximum Gasteiger partial charge on any atom is 0.290 e. The van der Waals surface area contributed by atoms with Crippen LogP contribution >= 0.6 is 0 Å². The van der Waals surface area contributed by atoms with E-state index in [4.69, 9.17) is 0 Å². The van der Waals surface area contributed by atoms with Crippen LogP contribution in [0.5, 0.6) is 0 Å². The second kappa shape index (κ2) is 6.62. The summed E-state index contributed by atoms with van der Waals surface area (Å²) in [6, 6.07) is 11.2. The molecule has 0 aliphatic rings. The van der Waals surface area contributed by atoms with E-state index in [2.05, 4.69) is 15.4 Å². The van der Waals surface area contributed by atoms with Crippen molar-refractivity contribution in [3.05, 3.63) is 71.0 Å². The minimum absolute atomic E-state index is 0.125.